The molecule has 0 saturated carbocycles. The third kappa shape index (κ3) is 6.11. The van der Waals surface area contributed by atoms with Crippen LogP contribution in [0, 0.1) is 0 Å². The molecule has 1 unspecified atom stereocenters. The SMILES string of the molecule is CC(C)(C)OC(=O)N1CCC2(CC1)CC(CO)OCCN2C(=O)OCc1ccccc1. The van der Waals surface area contributed by atoms with Gasteiger partial charge in [-0.05, 0) is 45.6 Å². The van der Waals surface area contributed by atoms with Crippen molar-refractivity contribution in [3.63, 3.8) is 0 Å². The number of aliphatic hydroxyl groups excluding tert-OH is 1. The van der Waals surface area contributed by atoms with E-state index in [1.807, 2.05) is 51.1 Å². The molecule has 31 heavy (non-hydrogen) atoms. The summed E-state index contributed by atoms with van der Waals surface area (Å²) in [6.45, 7) is 7.27. The number of nitrogens with zero attached hydrogens (tertiary/aromatic N) is 2. The number of likely N-dealkylation sites (tertiary alicyclic amines) is 1. The lowest BCUT2D eigenvalue weighted by molar-refractivity contribution is -0.0181. The minimum Gasteiger partial charge on any atom is -0.445 e. The standard InChI is InChI=1S/C23H34N2O6/c1-22(2,3)31-20(27)24-11-9-23(10-12-24)15-19(16-26)29-14-13-25(23)21(28)30-17-18-7-5-4-6-8-18/h4-8,19,26H,9-17H2,1-3H3. The number of piperidine rings is 1. The predicted octanol–water partition coefficient (Wildman–Crippen LogP) is 3.18. The van der Waals surface area contributed by atoms with Gasteiger partial charge in [-0.15, -0.1) is 0 Å². The van der Waals surface area contributed by atoms with Gasteiger partial charge in [-0.3, -0.25) is 4.90 Å². The average molecular weight is 435 g/mol. The molecular formula is C23H34N2O6. The lowest BCUT2D eigenvalue weighted by atomic mass is 9.81. The van der Waals surface area contributed by atoms with E-state index in [0.29, 0.717) is 45.5 Å². The zero-order valence-electron chi connectivity index (χ0n) is 18.7. The van der Waals surface area contributed by atoms with Crippen LogP contribution in [0.15, 0.2) is 30.3 Å². The quantitative estimate of drug-likeness (QED) is 0.786. The van der Waals surface area contributed by atoms with Crippen molar-refractivity contribution in [2.45, 2.75) is 63.9 Å². The minimum atomic E-state index is -0.558. The van der Waals surface area contributed by atoms with Crippen molar-refractivity contribution in [2.75, 3.05) is 32.8 Å². The molecule has 172 valence electrons. The molecule has 1 N–H and O–H groups in total. The highest BCUT2D eigenvalue weighted by atomic mass is 16.6. The summed E-state index contributed by atoms with van der Waals surface area (Å²) in [5.41, 5.74) is -0.169. The second kappa shape index (κ2) is 9.87. The smallest absolute Gasteiger partial charge is 0.410 e. The van der Waals surface area contributed by atoms with E-state index >= 15 is 0 Å². The molecule has 1 spiro atoms. The van der Waals surface area contributed by atoms with Crippen LogP contribution >= 0.6 is 0 Å². The summed E-state index contributed by atoms with van der Waals surface area (Å²) in [5.74, 6) is 0. The number of carbonyl (C=O) groups excluding carboxylic acids is 2. The van der Waals surface area contributed by atoms with Gasteiger partial charge >= 0.3 is 12.2 Å². The number of amides is 2. The summed E-state index contributed by atoms with van der Waals surface area (Å²) in [4.78, 5) is 29.0. The molecule has 0 aliphatic carbocycles. The maximum Gasteiger partial charge on any atom is 0.410 e. The first-order valence-corrected chi connectivity index (χ1v) is 10.9. The summed E-state index contributed by atoms with van der Waals surface area (Å²) in [5, 5.41) is 9.73. The molecule has 3 rings (SSSR count). The number of aliphatic hydroxyl groups is 1. The summed E-state index contributed by atoms with van der Waals surface area (Å²) in [6, 6.07) is 9.55. The van der Waals surface area contributed by atoms with Gasteiger partial charge in [0.1, 0.15) is 12.2 Å². The summed E-state index contributed by atoms with van der Waals surface area (Å²) < 4.78 is 16.9. The highest BCUT2D eigenvalue weighted by molar-refractivity contribution is 5.70. The molecule has 1 atom stereocenters. The Morgan fingerprint density at radius 3 is 2.42 bits per heavy atom. The van der Waals surface area contributed by atoms with Gasteiger partial charge in [0.25, 0.3) is 0 Å². The number of rotatable bonds is 3. The van der Waals surface area contributed by atoms with E-state index in [4.69, 9.17) is 14.2 Å². The van der Waals surface area contributed by atoms with Gasteiger partial charge in [0.05, 0.1) is 24.9 Å². The van der Waals surface area contributed by atoms with Crippen LogP contribution in [0.3, 0.4) is 0 Å². The molecule has 2 saturated heterocycles. The van der Waals surface area contributed by atoms with E-state index in [-0.39, 0.29) is 25.4 Å². The Morgan fingerprint density at radius 2 is 1.81 bits per heavy atom. The topological polar surface area (TPSA) is 88.5 Å². The van der Waals surface area contributed by atoms with Crippen LogP contribution in [-0.4, -0.2) is 77.2 Å². The van der Waals surface area contributed by atoms with Gasteiger partial charge < -0.3 is 24.2 Å². The normalized spacial score (nSPS) is 21.5. The van der Waals surface area contributed by atoms with Crippen LogP contribution in [0.1, 0.15) is 45.6 Å². The fourth-order valence-electron chi connectivity index (χ4n) is 4.25. The molecule has 2 aliphatic rings. The molecular weight excluding hydrogens is 400 g/mol. The van der Waals surface area contributed by atoms with Gasteiger partial charge in [-0.2, -0.15) is 0 Å². The molecule has 2 heterocycles. The van der Waals surface area contributed by atoms with Crippen LogP contribution in [-0.2, 0) is 20.8 Å². The summed E-state index contributed by atoms with van der Waals surface area (Å²) in [6.07, 6.45) is 0.575. The summed E-state index contributed by atoms with van der Waals surface area (Å²) >= 11 is 0. The Morgan fingerprint density at radius 1 is 1.13 bits per heavy atom. The zero-order chi connectivity index (χ0) is 22.5. The maximum atomic E-state index is 13.1. The first kappa shape index (κ1) is 23.3. The van der Waals surface area contributed by atoms with Crippen LogP contribution in [0.2, 0.25) is 0 Å². The van der Waals surface area contributed by atoms with Crippen molar-refractivity contribution >= 4 is 12.2 Å². The Labute approximate surface area is 184 Å². The van der Waals surface area contributed by atoms with Crippen molar-refractivity contribution in [3.05, 3.63) is 35.9 Å². The van der Waals surface area contributed by atoms with Gasteiger partial charge in [-0.25, -0.2) is 9.59 Å². The van der Waals surface area contributed by atoms with E-state index in [9.17, 15) is 14.7 Å². The highest BCUT2D eigenvalue weighted by Crippen LogP contribution is 2.37. The van der Waals surface area contributed by atoms with Crippen LogP contribution in [0.4, 0.5) is 9.59 Å². The molecule has 0 radical (unpaired) electrons. The molecule has 2 amide bonds. The molecule has 8 heteroatoms. The van der Waals surface area contributed by atoms with Crippen molar-refractivity contribution in [1.29, 1.82) is 0 Å². The van der Waals surface area contributed by atoms with Crippen molar-refractivity contribution < 1.29 is 28.9 Å². The predicted molar refractivity (Wildman–Crippen MR) is 115 cm³/mol. The monoisotopic (exact) mass is 434 g/mol. The minimum absolute atomic E-state index is 0.107. The fraction of sp³-hybridized carbons (Fsp3) is 0.652. The third-order valence-corrected chi connectivity index (χ3v) is 5.82. The molecule has 8 nitrogen and oxygen atoms in total. The van der Waals surface area contributed by atoms with Gasteiger partial charge in [-0.1, -0.05) is 30.3 Å². The second-order valence-corrected chi connectivity index (χ2v) is 9.26. The van der Waals surface area contributed by atoms with Crippen molar-refractivity contribution in [1.82, 2.24) is 9.80 Å². The van der Waals surface area contributed by atoms with Crippen LogP contribution in [0.25, 0.3) is 0 Å². The zero-order valence-corrected chi connectivity index (χ0v) is 18.7. The van der Waals surface area contributed by atoms with Crippen molar-refractivity contribution in [3.8, 4) is 0 Å². The van der Waals surface area contributed by atoms with Crippen LogP contribution < -0.4 is 0 Å². The van der Waals surface area contributed by atoms with Gasteiger partial charge in [0, 0.05) is 19.6 Å². The molecule has 1 aromatic carbocycles. The van der Waals surface area contributed by atoms with E-state index in [0.717, 1.165) is 5.56 Å². The average Bonchev–Trinajstić information content (AvgIpc) is 2.91. The fourth-order valence-corrected chi connectivity index (χ4v) is 4.25. The number of hydrogen-bond donors (Lipinski definition) is 1. The number of hydrogen-bond acceptors (Lipinski definition) is 6. The second-order valence-electron chi connectivity index (χ2n) is 9.26. The van der Waals surface area contributed by atoms with Gasteiger partial charge in [0.2, 0.25) is 0 Å². The molecule has 0 bridgehead atoms. The lowest BCUT2D eigenvalue weighted by Crippen LogP contribution is -2.59. The molecule has 2 aliphatic heterocycles. The largest absolute Gasteiger partial charge is 0.445 e. The van der Waals surface area contributed by atoms with E-state index in [1.165, 1.54) is 0 Å². The Bertz CT molecular complexity index is 740. The first-order valence-electron chi connectivity index (χ1n) is 10.9. The number of benzene rings is 1. The molecule has 2 fully saturated rings. The Kier molecular flexibility index (Phi) is 7.43. The van der Waals surface area contributed by atoms with Gasteiger partial charge in [0.15, 0.2) is 0 Å². The summed E-state index contributed by atoms with van der Waals surface area (Å²) in [7, 11) is 0. The number of ether oxygens (including phenoxy) is 3. The van der Waals surface area contributed by atoms with Crippen LogP contribution in [0.5, 0.6) is 0 Å². The maximum absolute atomic E-state index is 13.1. The van der Waals surface area contributed by atoms with E-state index in [2.05, 4.69) is 0 Å². The van der Waals surface area contributed by atoms with E-state index in [1.54, 1.807) is 9.80 Å². The lowest BCUT2D eigenvalue weighted by Gasteiger charge is -2.47. The van der Waals surface area contributed by atoms with Crippen molar-refractivity contribution in [2.24, 2.45) is 0 Å². The highest BCUT2D eigenvalue weighted by Gasteiger charge is 2.47. The Balaban J connectivity index is 1.70. The Hall–Kier alpha value is -2.32. The number of carbonyl (C=O) groups is 2. The first-order chi connectivity index (χ1) is 14.7. The molecule has 1 aromatic rings. The molecule has 0 aromatic heterocycles. The third-order valence-electron chi connectivity index (χ3n) is 5.82. The van der Waals surface area contributed by atoms with E-state index < -0.39 is 17.2 Å².